The van der Waals surface area contributed by atoms with E-state index in [1.54, 1.807) is 4.57 Å². The first-order valence-corrected chi connectivity index (χ1v) is 11.4. The number of aliphatic hydroxyl groups is 3. The second-order valence-corrected chi connectivity index (χ2v) is 8.91. The van der Waals surface area contributed by atoms with Gasteiger partial charge in [0.2, 0.25) is 0 Å². The summed E-state index contributed by atoms with van der Waals surface area (Å²) < 4.78 is 49.4. The quantitative estimate of drug-likeness (QED) is 0.343. The Morgan fingerprint density at radius 3 is 2.38 bits per heavy atom. The predicted molar refractivity (Wildman–Crippen MR) is 122 cm³/mol. The SMILES string of the molecule is Cc1ccc(-n2cnnc2[C@@H]2O[C@H](CO)[C@H](O)[C@H](n3cc(-c4cc(F)c(F)c(F)c4)nn3)[C@H]2O)cc1C. The molecule has 13 heteroatoms. The molecule has 0 radical (unpaired) electrons. The maximum Gasteiger partial charge on any atom is 0.194 e. The van der Waals surface area contributed by atoms with Crippen molar-refractivity contribution in [1.29, 1.82) is 0 Å². The molecule has 4 aromatic rings. The number of aromatic nitrogens is 6. The molecule has 0 amide bonds. The highest BCUT2D eigenvalue weighted by Crippen LogP contribution is 2.38. The molecule has 5 atom stereocenters. The number of benzene rings is 2. The first-order valence-electron chi connectivity index (χ1n) is 11.4. The maximum absolute atomic E-state index is 13.7. The minimum Gasteiger partial charge on any atom is -0.394 e. The zero-order valence-corrected chi connectivity index (χ0v) is 19.7. The van der Waals surface area contributed by atoms with Gasteiger partial charge < -0.3 is 20.1 Å². The average molecular weight is 516 g/mol. The fraction of sp³-hybridized carbons (Fsp3) is 0.333. The molecule has 1 saturated heterocycles. The zero-order valence-electron chi connectivity index (χ0n) is 19.7. The molecule has 0 bridgehead atoms. The summed E-state index contributed by atoms with van der Waals surface area (Å²) in [6.07, 6.45) is -2.49. The van der Waals surface area contributed by atoms with Crippen LogP contribution in [-0.4, -0.2) is 70.0 Å². The van der Waals surface area contributed by atoms with E-state index < -0.39 is 54.5 Å². The molecule has 2 aromatic heterocycles. The minimum atomic E-state index is -1.62. The molecule has 0 aliphatic carbocycles. The van der Waals surface area contributed by atoms with E-state index in [4.69, 9.17) is 4.74 Å². The van der Waals surface area contributed by atoms with Crippen LogP contribution in [0.4, 0.5) is 13.2 Å². The first kappa shape index (κ1) is 25.0. The van der Waals surface area contributed by atoms with Crippen LogP contribution in [0.2, 0.25) is 0 Å². The molecule has 194 valence electrons. The highest BCUT2D eigenvalue weighted by atomic mass is 19.2. The van der Waals surface area contributed by atoms with Gasteiger partial charge in [0, 0.05) is 11.3 Å². The predicted octanol–water partition coefficient (Wildman–Crippen LogP) is 1.96. The van der Waals surface area contributed by atoms with Crippen LogP contribution in [0.5, 0.6) is 0 Å². The number of aryl methyl sites for hydroxylation is 2. The van der Waals surface area contributed by atoms with Gasteiger partial charge in [0.1, 0.15) is 42.5 Å². The largest absolute Gasteiger partial charge is 0.394 e. The normalized spacial score (nSPS) is 23.9. The molecule has 3 N–H and O–H groups in total. The van der Waals surface area contributed by atoms with Gasteiger partial charge in [0.25, 0.3) is 0 Å². The summed E-state index contributed by atoms with van der Waals surface area (Å²) in [7, 11) is 0. The molecule has 0 saturated carbocycles. The van der Waals surface area contributed by atoms with Gasteiger partial charge >= 0.3 is 0 Å². The Morgan fingerprint density at radius 2 is 1.70 bits per heavy atom. The molecule has 3 heterocycles. The second kappa shape index (κ2) is 9.67. The van der Waals surface area contributed by atoms with Crippen molar-refractivity contribution in [2.75, 3.05) is 6.61 Å². The van der Waals surface area contributed by atoms with E-state index in [1.165, 1.54) is 12.5 Å². The fourth-order valence-electron chi connectivity index (χ4n) is 4.40. The number of aliphatic hydroxyl groups excluding tert-OH is 3. The molecule has 37 heavy (non-hydrogen) atoms. The van der Waals surface area contributed by atoms with Gasteiger partial charge in [-0.15, -0.1) is 15.3 Å². The van der Waals surface area contributed by atoms with Crippen molar-refractivity contribution in [2.45, 2.75) is 44.3 Å². The van der Waals surface area contributed by atoms with E-state index in [9.17, 15) is 28.5 Å². The van der Waals surface area contributed by atoms with Crippen molar-refractivity contribution < 1.29 is 33.2 Å². The Bertz CT molecular complexity index is 1420. The molecule has 2 aromatic carbocycles. The zero-order chi connectivity index (χ0) is 26.4. The number of rotatable bonds is 5. The Balaban J connectivity index is 1.52. The maximum atomic E-state index is 13.7. The van der Waals surface area contributed by atoms with Crippen LogP contribution in [0, 0.1) is 31.3 Å². The fourth-order valence-corrected chi connectivity index (χ4v) is 4.40. The number of hydrogen-bond donors (Lipinski definition) is 3. The topological polar surface area (TPSA) is 131 Å². The number of ether oxygens (including phenoxy) is 1. The van der Waals surface area contributed by atoms with Gasteiger partial charge in [-0.2, -0.15) is 0 Å². The monoisotopic (exact) mass is 516 g/mol. The molecule has 1 aliphatic rings. The number of nitrogens with zero attached hydrogens (tertiary/aromatic N) is 6. The lowest BCUT2D eigenvalue weighted by Gasteiger charge is -2.41. The Labute approximate surface area is 208 Å². The molecule has 0 spiro atoms. The van der Waals surface area contributed by atoms with Crippen molar-refractivity contribution in [3.63, 3.8) is 0 Å². The summed E-state index contributed by atoms with van der Waals surface area (Å²) in [5.41, 5.74) is 2.69. The van der Waals surface area contributed by atoms with Gasteiger partial charge in [0.05, 0.1) is 12.8 Å². The molecule has 10 nitrogen and oxygen atoms in total. The van der Waals surface area contributed by atoms with Gasteiger partial charge in [-0.1, -0.05) is 11.3 Å². The van der Waals surface area contributed by atoms with Crippen LogP contribution in [0.3, 0.4) is 0 Å². The van der Waals surface area contributed by atoms with Gasteiger partial charge in [-0.3, -0.25) is 4.57 Å². The smallest absolute Gasteiger partial charge is 0.194 e. The van der Waals surface area contributed by atoms with Crippen LogP contribution in [-0.2, 0) is 4.74 Å². The Kier molecular flexibility index (Phi) is 6.54. The van der Waals surface area contributed by atoms with E-state index in [-0.39, 0.29) is 17.1 Å². The Morgan fingerprint density at radius 1 is 0.973 bits per heavy atom. The van der Waals surface area contributed by atoms with E-state index in [0.29, 0.717) is 5.69 Å². The van der Waals surface area contributed by atoms with Crippen molar-refractivity contribution in [1.82, 2.24) is 29.8 Å². The average Bonchev–Trinajstić information content (AvgIpc) is 3.55. The minimum absolute atomic E-state index is 0.0286. The highest BCUT2D eigenvalue weighted by Gasteiger charge is 2.48. The molecule has 1 fully saturated rings. The van der Waals surface area contributed by atoms with Crippen LogP contribution >= 0.6 is 0 Å². The summed E-state index contributed by atoms with van der Waals surface area (Å²) in [4.78, 5) is 0. The van der Waals surface area contributed by atoms with Crippen molar-refractivity contribution in [3.05, 3.63) is 77.3 Å². The third kappa shape index (κ3) is 4.39. The van der Waals surface area contributed by atoms with E-state index in [0.717, 1.165) is 27.9 Å². The Hall–Kier alpha value is -3.65. The summed E-state index contributed by atoms with van der Waals surface area (Å²) >= 11 is 0. The van der Waals surface area contributed by atoms with Crippen LogP contribution in [0.15, 0.2) is 42.9 Å². The van der Waals surface area contributed by atoms with Gasteiger partial charge in [-0.25, -0.2) is 17.9 Å². The van der Waals surface area contributed by atoms with Crippen LogP contribution < -0.4 is 0 Å². The summed E-state index contributed by atoms with van der Waals surface area (Å²) in [5, 5.41) is 47.9. The summed E-state index contributed by atoms with van der Waals surface area (Å²) in [6.45, 7) is 3.33. The van der Waals surface area contributed by atoms with Gasteiger partial charge in [0.15, 0.2) is 23.3 Å². The van der Waals surface area contributed by atoms with Crippen LogP contribution in [0.25, 0.3) is 16.9 Å². The molecular weight excluding hydrogens is 493 g/mol. The van der Waals surface area contributed by atoms with E-state index in [2.05, 4.69) is 20.5 Å². The third-order valence-corrected chi connectivity index (χ3v) is 6.58. The molecular formula is C24H23F3N6O4. The van der Waals surface area contributed by atoms with Crippen molar-refractivity contribution in [2.24, 2.45) is 0 Å². The lowest BCUT2D eigenvalue weighted by Crippen LogP contribution is -2.53. The van der Waals surface area contributed by atoms with E-state index in [1.807, 2.05) is 32.0 Å². The lowest BCUT2D eigenvalue weighted by atomic mass is 9.92. The summed E-state index contributed by atoms with van der Waals surface area (Å²) in [6, 6.07) is 6.01. The highest BCUT2D eigenvalue weighted by molar-refractivity contribution is 5.58. The first-order chi connectivity index (χ1) is 17.7. The third-order valence-electron chi connectivity index (χ3n) is 6.58. The van der Waals surface area contributed by atoms with Crippen molar-refractivity contribution in [3.8, 4) is 16.9 Å². The number of halogens is 3. The van der Waals surface area contributed by atoms with Crippen molar-refractivity contribution >= 4 is 0 Å². The molecule has 5 rings (SSSR count). The second-order valence-electron chi connectivity index (χ2n) is 8.91. The standard InChI is InChI=1S/C24H23F3N6O4/c1-11-3-4-14(5-12(11)2)32-10-28-30-24(32)23-22(36)20(21(35)18(9-34)37-23)33-8-17(29-31-33)13-6-15(25)19(27)16(26)7-13/h3-8,10,18,20-23,34-36H,9H2,1-2H3/t18-,20+,21+,22-,23-/m1/s1. The molecule has 1 aliphatic heterocycles. The van der Waals surface area contributed by atoms with Gasteiger partial charge in [-0.05, 0) is 49.2 Å². The summed E-state index contributed by atoms with van der Waals surface area (Å²) in [5.74, 6) is -4.20. The van der Waals surface area contributed by atoms with E-state index >= 15 is 0 Å². The molecule has 0 unspecified atom stereocenters. The lowest BCUT2D eigenvalue weighted by molar-refractivity contribution is -0.210. The number of hydrogen-bond acceptors (Lipinski definition) is 8. The van der Waals surface area contributed by atoms with Crippen LogP contribution in [0.1, 0.15) is 29.1 Å².